The molecule has 0 N–H and O–H groups in total. The molecule has 1 saturated carbocycles. The van der Waals surface area contributed by atoms with E-state index in [0.717, 1.165) is 31.4 Å². The fraction of sp³-hybridized carbons (Fsp3) is 0.381. The molecule has 3 nitrogen and oxygen atoms in total. The summed E-state index contributed by atoms with van der Waals surface area (Å²) in [5, 5.41) is 0. The number of benzene rings is 2. The normalized spacial score (nSPS) is 15.0. The lowest BCUT2D eigenvalue weighted by Gasteiger charge is -2.21. The Balaban J connectivity index is 1.86. The van der Waals surface area contributed by atoms with Crippen molar-refractivity contribution in [2.75, 3.05) is 6.61 Å². The molecule has 2 aromatic carbocycles. The lowest BCUT2D eigenvalue weighted by molar-refractivity contribution is 0.0885. The fourth-order valence-corrected chi connectivity index (χ4v) is 3.26. The zero-order chi connectivity index (χ0) is 16.8. The summed E-state index contributed by atoms with van der Waals surface area (Å²) in [5.41, 5.74) is 0.650. The minimum Gasteiger partial charge on any atom is -0.493 e. The molecule has 0 aliphatic heterocycles. The van der Waals surface area contributed by atoms with E-state index >= 15 is 0 Å². The molecule has 0 amide bonds. The van der Waals surface area contributed by atoms with Gasteiger partial charge in [0.2, 0.25) is 0 Å². The number of carbonyl (C=O) groups is 1. The van der Waals surface area contributed by atoms with Gasteiger partial charge in [-0.1, -0.05) is 37.5 Å². The van der Waals surface area contributed by atoms with Crippen LogP contribution in [0.4, 0.5) is 0 Å². The summed E-state index contributed by atoms with van der Waals surface area (Å²) in [6.45, 7) is 2.48. The van der Waals surface area contributed by atoms with Crippen LogP contribution in [0.3, 0.4) is 0 Å². The maximum absolute atomic E-state index is 13.0. The van der Waals surface area contributed by atoms with Gasteiger partial charge in [-0.3, -0.25) is 4.79 Å². The van der Waals surface area contributed by atoms with Gasteiger partial charge < -0.3 is 9.47 Å². The molecule has 1 aliphatic carbocycles. The van der Waals surface area contributed by atoms with Gasteiger partial charge >= 0.3 is 0 Å². The maximum atomic E-state index is 13.0. The minimum absolute atomic E-state index is 0.116. The Morgan fingerprint density at radius 3 is 2.46 bits per heavy atom. The molecule has 0 radical (unpaired) electrons. The second-order valence-corrected chi connectivity index (χ2v) is 6.21. The van der Waals surface area contributed by atoms with Crippen LogP contribution in [0.1, 0.15) is 49.4 Å². The maximum Gasteiger partial charge on any atom is 0.169 e. The molecule has 1 fully saturated rings. The van der Waals surface area contributed by atoms with Gasteiger partial charge in [0.15, 0.2) is 5.78 Å². The lowest BCUT2D eigenvalue weighted by atomic mass is 9.83. The molecule has 3 rings (SSSR count). The van der Waals surface area contributed by atoms with E-state index in [4.69, 9.17) is 9.47 Å². The molecule has 2 aromatic rings. The summed E-state index contributed by atoms with van der Waals surface area (Å²) >= 11 is 0. The van der Waals surface area contributed by atoms with Crippen molar-refractivity contribution >= 4 is 5.78 Å². The molecule has 24 heavy (non-hydrogen) atoms. The Labute approximate surface area is 143 Å². The Morgan fingerprint density at radius 2 is 1.75 bits per heavy atom. The third-order valence-electron chi connectivity index (χ3n) is 4.47. The van der Waals surface area contributed by atoms with Crippen LogP contribution in [-0.2, 0) is 0 Å². The number of ether oxygens (including phenoxy) is 2. The molecule has 0 aromatic heterocycles. The smallest absolute Gasteiger partial charge is 0.169 e. The molecule has 0 bridgehead atoms. The third-order valence-corrected chi connectivity index (χ3v) is 4.47. The van der Waals surface area contributed by atoms with Gasteiger partial charge in [-0.25, -0.2) is 0 Å². The average Bonchev–Trinajstić information content (AvgIpc) is 2.64. The first-order valence-corrected chi connectivity index (χ1v) is 8.82. The number of Topliss-reactive ketones (excluding diaryl/α,β-unsaturated/α-hetero) is 1. The second-order valence-electron chi connectivity index (χ2n) is 6.21. The quantitative estimate of drug-likeness (QED) is 0.645. The number of para-hydroxylation sites is 1. The van der Waals surface area contributed by atoms with E-state index in [2.05, 4.69) is 0 Å². The molecule has 0 spiro atoms. The molecule has 1 aliphatic rings. The highest BCUT2D eigenvalue weighted by atomic mass is 16.5. The molecular weight excluding hydrogens is 300 g/mol. The van der Waals surface area contributed by atoms with Gasteiger partial charge in [0.1, 0.15) is 17.2 Å². The standard InChI is InChI=1S/C21H24O3/c1-2-23-20-14-13-18(24-17-11-7-4-8-12-17)15-19(20)21(22)16-9-5-3-6-10-16/h4,7-8,11-16H,2-3,5-6,9-10H2,1H3. The fourth-order valence-electron chi connectivity index (χ4n) is 3.26. The van der Waals surface area contributed by atoms with Gasteiger partial charge in [0.05, 0.1) is 12.2 Å². The van der Waals surface area contributed by atoms with E-state index in [1.54, 1.807) is 0 Å². The van der Waals surface area contributed by atoms with E-state index < -0.39 is 0 Å². The molecule has 0 unspecified atom stereocenters. The van der Waals surface area contributed by atoms with Crippen LogP contribution in [-0.4, -0.2) is 12.4 Å². The summed E-state index contributed by atoms with van der Waals surface area (Å²) in [6.07, 6.45) is 5.47. The highest BCUT2D eigenvalue weighted by molar-refractivity contribution is 6.00. The van der Waals surface area contributed by atoms with E-state index in [0.29, 0.717) is 23.7 Å². The highest BCUT2D eigenvalue weighted by Crippen LogP contribution is 2.33. The molecule has 126 valence electrons. The number of hydrogen-bond donors (Lipinski definition) is 0. The Bertz CT molecular complexity index is 673. The van der Waals surface area contributed by atoms with Crippen LogP contribution in [0.2, 0.25) is 0 Å². The Morgan fingerprint density at radius 1 is 1.00 bits per heavy atom. The molecule has 0 heterocycles. The van der Waals surface area contributed by atoms with Gasteiger partial charge in [-0.05, 0) is 50.1 Å². The summed E-state index contributed by atoms with van der Waals surface area (Å²) in [7, 11) is 0. The topological polar surface area (TPSA) is 35.5 Å². The van der Waals surface area contributed by atoms with E-state index in [-0.39, 0.29) is 11.7 Å². The predicted octanol–water partition coefficient (Wildman–Crippen LogP) is 5.64. The summed E-state index contributed by atoms with van der Waals surface area (Å²) in [6, 6.07) is 15.1. The van der Waals surface area contributed by atoms with Crippen molar-refractivity contribution in [3.8, 4) is 17.2 Å². The average molecular weight is 324 g/mol. The number of rotatable bonds is 6. The SMILES string of the molecule is CCOc1ccc(Oc2ccccc2)cc1C(=O)C1CCCCC1. The lowest BCUT2D eigenvalue weighted by Crippen LogP contribution is -2.18. The van der Waals surface area contributed by atoms with Crippen LogP contribution in [0, 0.1) is 5.92 Å². The van der Waals surface area contributed by atoms with Crippen molar-refractivity contribution in [2.45, 2.75) is 39.0 Å². The first-order chi connectivity index (χ1) is 11.8. The molecule has 0 saturated heterocycles. The van der Waals surface area contributed by atoms with Crippen molar-refractivity contribution in [3.63, 3.8) is 0 Å². The van der Waals surface area contributed by atoms with Crippen LogP contribution in [0.25, 0.3) is 0 Å². The van der Waals surface area contributed by atoms with Crippen molar-refractivity contribution < 1.29 is 14.3 Å². The molecule has 0 atom stereocenters. The minimum atomic E-state index is 0.116. The summed E-state index contributed by atoms with van der Waals surface area (Å²) in [5.74, 6) is 2.40. The summed E-state index contributed by atoms with van der Waals surface area (Å²) < 4.78 is 11.6. The van der Waals surface area contributed by atoms with Crippen LogP contribution < -0.4 is 9.47 Å². The first-order valence-electron chi connectivity index (χ1n) is 8.82. The Kier molecular flexibility index (Phi) is 5.52. The van der Waals surface area contributed by atoms with E-state index in [1.807, 2.05) is 55.5 Å². The second kappa shape index (κ2) is 8.00. The molecular formula is C21H24O3. The van der Waals surface area contributed by atoms with E-state index in [9.17, 15) is 4.79 Å². The number of hydrogen-bond acceptors (Lipinski definition) is 3. The third kappa shape index (κ3) is 3.97. The predicted molar refractivity (Wildman–Crippen MR) is 95.0 cm³/mol. The van der Waals surface area contributed by atoms with Crippen LogP contribution in [0.15, 0.2) is 48.5 Å². The summed E-state index contributed by atoms with van der Waals surface area (Å²) in [4.78, 5) is 13.0. The largest absolute Gasteiger partial charge is 0.493 e. The first kappa shape index (κ1) is 16.6. The van der Waals surface area contributed by atoms with Gasteiger partial charge in [-0.15, -0.1) is 0 Å². The molecule has 3 heteroatoms. The van der Waals surface area contributed by atoms with Gasteiger partial charge in [0.25, 0.3) is 0 Å². The number of ketones is 1. The zero-order valence-electron chi connectivity index (χ0n) is 14.2. The van der Waals surface area contributed by atoms with Gasteiger partial charge in [0, 0.05) is 5.92 Å². The zero-order valence-corrected chi connectivity index (χ0v) is 14.2. The Hall–Kier alpha value is -2.29. The van der Waals surface area contributed by atoms with Crippen LogP contribution in [0.5, 0.6) is 17.2 Å². The van der Waals surface area contributed by atoms with Gasteiger partial charge in [-0.2, -0.15) is 0 Å². The van der Waals surface area contributed by atoms with Crippen molar-refractivity contribution in [3.05, 3.63) is 54.1 Å². The monoisotopic (exact) mass is 324 g/mol. The van der Waals surface area contributed by atoms with Crippen molar-refractivity contribution in [2.24, 2.45) is 5.92 Å². The van der Waals surface area contributed by atoms with Crippen LogP contribution >= 0.6 is 0 Å². The van der Waals surface area contributed by atoms with Crippen molar-refractivity contribution in [1.82, 2.24) is 0 Å². The van der Waals surface area contributed by atoms with E-state index in [1.165, 1.54) is 6.42 Å². The number of carbonyl (C=O) groups excluding carboxylic acids is 1. The van der Waals surface area contributed by atoms with Crippen molar-refractivity contribution in [1.29, 1.82) is 0 Å². The highest BCUT2D eigenvalue weighted by Gasteiger charge is 2.25.